The van der Waals surface area contributed by atoms with Gasteiger partial charge >= 0.3 is 5.97 Å². The monoisotopic (exact) mass is 386 g/mol. The molecule has 0 atom stereocenters. The van der Waals surface area contributed by atoms with E-state index in [0.29, 0.717) is 29.2 Å². The highest BCUT2D eigenvalue weighted by Gasteiger charge is 2.13. The third kappa shape index (κ3) is 3.88. The molecule has 0 aliphatic heterocycles. The van der Waals surface area contributed by atoms with Crippen LogP contribution in [0.15, 0.2) is 32.6 Å². The summed E-state index contributed by atoms with van der Waals surface area (Å²) < 4.78 is 12.0. The number of halogens is 1. The first-order chi connectivity index (χ1) is 10.6. The van der Waals surface area contributed by atoms with Gasteiger partial charge in [-0.1, -0.05) is 27.7 Å². The lowest BCUT2D eigenvalue weighted by molar-refractivity contribution is -0.137. The van der Waals surface area contributed by atoms with E-state index < -0.39 is 0 Å². The number of hydrogen-bond acceptors (Lipinski definition) is 6. The Morgan fingerprint density at radius 2 is 2.18 bits per heavy atom. The summed E-state index contributed by atoms with van der Waals surface area (Å²) in [4.78, 5) is 28.4. The molecule has 0 radical (unpaired) electrons. The van der Waals surface area contributed by atoms with E-state index in [4.69, 9.17) is 4.74 Å². The molecule has 0 aliphatic rings. The Balaban J connectivity index is 2.49. The maximum Gasteiger partial charge on any atom is 0.316 e. The van der Waals surface area contributed by atoms with Gasteiger partial charge in [-0.3, -0.25) is 14.2 Å². The van der Waals surface area contributed by atoms with Crippen LogP contribution in [0.1, 0.15) is 0 Å². The van der Waals surface area contributed by atoms with Crippen molar-refractivity contribution in [1.29, 1.82) is 0 Å². The number of carbonyl (C=O) groups excluding carboxylic acids is 1. The van der Waals surface area contributed by atoms with Crippen molar-refractivity contribution in [3.05, 3.63) is 33.0 Å². The molecule has 1 heterocycles. The van der Waals surface area contributed by atoms with Gasteiger partial charge in [-0.15, -0.1) is 0 Å². The summed E-state index contributed by atoms with van der Waals surface area (Å²) in [7, 11) is 2.89. The van der Waals surface area contributed by atoms with Crippen LogP contribution in [0.5, 0.6) is 0 Å². The van der Waals surface area contributed by atoms with Gasteiger partial charge in [0.1, 0.15) is 0 Å². The van der Waals surface area contributed by atoms with Gasteiger partial charge in [0.25, 0.3) is 5.56 Å². The van der Waals surface area contributed by atoms with E-state index in [-0.39, 0.29) is 17.3 Å². The van der Waals surface area contributed by atoms with Gasteiger partial charge in [-0.05, 0) is 18.2 Å². The Kier molecular flexibility index (Phi) is 5.98. The number of benzene rings is 1. The quantitative estimate of drug-likeness (QED) is 0.430. The number of carbonyl (C=O) groups is 1. The van der Waals surface area contributed by atoms with Crippen molar-refractivity contribution in [1.82, 2.24) is 9.55 Å². The zero-order chi connectivity index (χ0) is 16.1. The maximum atomic E-state index is 12.6. The van der Waals surface area contributed by atoms with Gasteiger partial charge in [0.15, 0.2) is 5.16 Å². The first-order valence-electron chi connectivity index (χ1n) is 6.45. The molecule has 8 heteroatoms. The Hall–Kier alpha value is -1.38. The summed E-state index contributed by atoms with van der Waals surface area (Å²) in [5, 5.41) is 0.996. The van der Waals surface area contributed by atoms with E-state index in [0.717, 1.165) is 4.47 Å². The fourth-order valence-electron chi connectivity index (χ4n) is 1.85. The van der Waals surface area contributed by atoms with Gasteiger partial charge in [0, 0.05) is 11.6 Å². The minimum Gasteiger partial charge on any atom is -0.468 e. The third-order valence-corrected chi connectivity index (χ3v) is 4.39. The van der Waals surface area contributed by atoms with Crippen LogP contribution in [0.4, 0.5) is 0 Å². The number of thioether (sulfide) groups is 1. The topological polar surface area (TPSA) is 70.4 Å². The SMILES string of the molecule is COCCn1c(SCC(=O)OC)nc2ccc(Br)cc2c1=O. The van der Waals surface area contributed by atoms with E-state index in [9.17, 15) is 9.59 Å². The molecule has 0 spiro atoms. The van der Waals surface area contributed by atoms with Crippen molar-refractivity contribution in [2.45, 2.75) is 11.7 Å². The summed E-state index contributed by atoms with van der Waals surface area (Å²) in [6.07, 6.45) is 0. The number of methoxy groups -OCH3 is 2. The summed E-state index contributed by atoms with van der Waals surface area (Å²) in [5.74, 6) is -0.272. The van der Waals surface area contributed by atoms with Gasteiger partial charge < -0.3 is 9.47 Å². The standard InChI is InChI=1S/C14H15BrN2O4S/c1-20-6-5-17-13(19)10-7-9(15)3-4-11(10)16-14(17)22-8-12(18)21-2/h3-4,7H,5-6,8H2,1-2H3. The first-order valence-corrected chi connectivity index (χ1v) is 8.23. The Morgan fingerprint density at radius 3 is 2.86 bits per heavy atom. The minimum atomic E-state index is -0.367. The highest BCUT2D eigenvalue weighted by molar-refractivity contribution is 9.10. The van der Waals surface area contributed by atoms with Crippen LogP contribution in [0, 0.1) is 0 Å². The summed E-state index contributed by atoms with van der Waals surface area (Å²) >= 11 is 4.53. The zero-order valence-corrected chi connectivity index (χ0v) is 14.6. The van der Waals surface area contributed by atoms with E-state index in [1.54, 1.807) is 19.2 Å². The van der Waals surface area contributed by atoms with Crippen molar-refractivity contribution in [2.24, 2.45) is 0 Å². The van der Waals surface area contributed by atoms with Crippen LogP contribution < -0.4 is 5.56 Å². The summed E-state index contributed by atoms with van der Waals surface area (Å²) in [6.45, 7) is 0.751. The van der Waals surface area contributed by atoms with Crippen molar-refractivity contribution in [3.8, 4) is 0 Å². The molecular weight excluding hydrogens is 372 g/mol. The van der Waals surface area contributed by atoms with Gasteiger partial charge in [-0.2, -0.15) is 0 Å². The minimum absolute atomic E-state index is 0.0952. The fourth-order valence-corrected chi connectivity index (χ4v) is 3.06. The van der Waals surface area contributed by atoms with E-state index in [2.05, 4.69) is 25.7 Å². The number of rotatable bonds is 6. The molecule has 0 unspecified atom stereocenters. The average molecular weight is 387 g/mol. The fraction of sp³-hybridized carbons (Fsp3) is 0.357. The normalized spacial score (nSPS) is 10.9. The molecule has 118 valence electrons. The molecule has 0 saturated carbocycles. The number of aromatic nitrogens is 2. The highest BCUT2D eigenvalue weighted by Crippen LogP contribution is 2.20. The third-order valence-electron chi connectivity index (χ3n) is 2.95. The Morgan fingerprint density at radius 1 is 1.41 bits per heavy atom. The van der Waals surface area contributed by atoms with Crippen LogP contribution in [-0.4, -0.2) is 42.1 Å². The second-order valence-electron chi connectivity index (χ2n) is 4.37. The van der Waals surface area contributed by atoms with Gasteiger partial charge in [0.05, 0.1) is 36.9 Å². The van der Waals surface area contributed by atoms with Gasteiger partial charge in [0.2, 0.25) is 0 Å². The number of ether oxygens (including phenoxy) is 2. The van der Waals surface area contributed by atoms with Crippen LogP contribution in [0.3, 0.4) is 0 Å². The molecular formula is C14H15BrN2O4S. The molecule has 22 heavy (non-hydrogen) atoms. The Bertz CT molecular complexity index is 747. The van der Waals surface area contributed by atoms with Crippen molar-refractivity contribution in [3.63, 3.8) is 0 Å². The predicted octanol–water partition coefficient (Wildman–Crippen LogP) is 2.07. The van der Waals surface area contributed by atoms with Crippen molar-refractivity contribution in [2.75, 3.05) is 26.6 Å². The molecule has 0 saturated heterocycles. The maximum absolute atomic E-state index is 12.6. The van der Waals surface area contributed by atoms with E-state index in [1.165, 1.54) is 23.4 Å². The number of nitrogens with zero attached hydrogens (tertiary/aromatic N) is 2. The lowest BCUT2D eigenvalue weighted by Crippen LogP contribution is -2.25. The van der Waals surface area contributed by atoms with Crippen LogP contribution >= 0.6 is 27.7 Å². The summed E-state index contributed by atoms with van der Waals surface area (Å²) in [5.41, 5.74) is 0.435. The smallest absolute Gasteiger partial charge is 0.316 e. The first kappa shape index (κ1) is 17.0. The number of hydrogen-bond donors (Lipinski definition) is 0. The molecule has 0 amide bonds. The number of esters is 1. The van der Waals surface area contributed by atoms with Crippen LogP contribution in [0.25, 0.3) is 10.9 Å². The zero-order valence-electron chi connectivity index (χ0n) is 12.2. The largest absolute Gasteiger partial charge is 0.468 e. The molecule has 0 fully saturated rings. The predicted molar refractivity (Wildman–Crippen MR) is 88.3 cm³/mol. The van der Waals surface area contributed by atoms with E-state index in [1.807, 2.05) is 6.07 Å². The van der Waals surface area contributed by atoms with Crippen LogP contribution in [-0.2, 0) is 20.8 Å². The summed E-state index contributed by atoms with van der Waals surface area (Å²) in [6, 6.07) is 5.33. The lowest BCUT2D eigenvalue weighted by atomic mass is 10.2. The lowest BCUT2D eigenvalue weighted by Gasteiger charge is -2.12. The second-order valence-corrected chi connectivity index (χ2v) is 6.23. The molecule has 6 nitrogen and oxygen atoms in total. The highest BCUT2D eigenvalue weighted by atomic mass is 79.9. The average Bonchev–Trinajstić information content (AvgIpc) is 2.52. The molecule has 0 N–H and O–H groups in total. The number of fused-ring (bicyclic) bond motifs is 1. The molecule has 1 aromatic heterocycles. The molecule has 2 rings (SSSR count). The van der Waals surface area contributed by atoms with E-state index >= 15 is 0 Å². The van der Waals surface area contributed by atoms with Crippen LogP contribution in [0.2, 0.25) is 0 Å². The van der Waals surface area contributed by atoms with Crippen molar-refractivity contribution >= 4 is 44.6 Å². The molecule has 0 aliphatic carbocycles. The van der Waals surface area contributed by atoms with Crippen molar-refractivity contribution < 1.29 is 14.3 Å². The Labute approximate surface area is 139 Å². The molecule has 0 bridgehead atoms. The molecule has 2 aromatic rings. The second kappa shape index (κ2) is 7.75. The van der Waals surface area contributed by atoms with Gasteiger partial charge in [-0.25, -0.2) is 4.98 Å². The molecule has 1 aromatic carbocycles.